The van der Waals surface area contributed by atoms with E-state index >= 15 is 0 Å². The van der Waals surface area contributed by atoms with Crippen molar-refractivity contribution in [1.29, 1.82) is 0 Å². The minimum Gasteiger partial charge on any atom is -0.789 e. The molecule has 0 saturated heterocycles. The summed E-state index contributed by atoms with van der Waals surface area (Å²) in [6, 6.07) is 0. The summed E-state index contributed by atoms with van der Waals surface area (Å²) in [4.78, 5) is 9.93. The van der Waals surface area contributed by atoms with Crippen molar-refractivity contribution in [1.82, 2.24) is 0 Å². The SMILES string of the molecule is CC(=O)OCC[S-].[Na+]. The molecule has 0 aromatic carbocycles. The van der Waals surface area contributed by atoms with E-state index in [0.717, 1.165) is 0 Å². The third-order valence-electron chi connectivity index (χ3n) is 0.389. The summed E-state index contributed by atoms with van der Waals surface area (Å²) in [7, 11) is 0. The van der Waals surface area contributed by atoms with Gasteiger partial charge in [-0.25, -0.2) is 0 Å². The van der Waals surface area contributed by atoms with Crippen molar-refractivity contribution in [2.75, 3.05) is 12.4 Å². The molecule has 2 nitrogen and oxygen atoms in total. The molecule has 0 rings (SSSR count). The predicted octanol–water partition coefficient (Wildman–Crippen LogP) is -2.90. The van der Waals surface area contributed by atoms with Crippen LogP contribution in [0, 0.1) is 0 Å². The van der Waals surface area contributed by atoms with Gasteiger partial charge in [0, 0.05) is 6.92 Å². The van der Waals surface area contributed by atoms with Crippen LogP contribution in [-0.2, 0) is 22.2 Å². The molecule has 0 aliphatic carbocycles. The molecule has 0 unspecified atom stereocenters. The van der Waals surface area contributed by atoms with E-state index < -0.39 is 0 Å². The van der Waals surface area contributed by atoms with Crippen molar-refractivity contribution < 1.29 is 39.1 Å². The van der Waals surface area contributed by atoms with Crippen molar-refractivity contribution in [3.05, 3.63) is 0 Å². The average Bonchev–Trinajstić information content (AvgIpc) is 1.61. The van der Waals surface area contributed by atoms with Gasteiger partial charge in [-0.1, -0.05) is 0 Å². The fourth-order valence-corrected chi connectivity index (χ4v) is 0.269. The molecular weight excluding hydrogens is 135 g/mol. The van der Waals surface area contributed by atoms with E-state index in [2.05, 4.69) is 17.4 Å². The van der Waals surface area contributed by atoms with Crippen molar-refractivity contribution >= 4 is 18.6 Å². The molecule has 0 amide bonds. The summed E-state index contributed by atoms with van der Waals surface area (Å²) in [5.41, 5.74) is 0. The molecule has 0 radical (unpaired) electrons. The Hall–Kier alpha value is 0.820. The summed E-state index contributed by atoms with van der Waals surface area (Å²) < 4.78 is 4.45. The van der Waals surface area contributed by atoms with Gasteiger partial charge in [0.25, 0.3) is 0 Å². The molecular formula is C4H7NaO2S. The van der Waals surface area contributed by atoms with Crippen molar-refractivity contribution in [2.45, 2.75) is 6.92 Å². The molecule has 0 N–H and O–H groups in total. The Bertz CT molecular complexity index is 67.1. The molecule has 8 heavy (non-hydrogen) atoms. The predicted molar refractivity (Wildman–Crippen MR) is 28.9 cm³/mol. The quantitative estimate of drug-likeness (QED) is 0.235. The summed E-state index contributed by atoms with van der Waals surface area (Å²) in [5.74, 6) is 0.226. The van der Waals surface area contributed by atoms with Crippen LogP contribution in [0.4, 0.5) is 0 Å². The molecule has 0 heterocycles. The summed E-state index contributed by atoms with van der Waals surface area (Å²) >= 11 is 4.49. The minimum absolute atomic E-state index is 0. The minimum atomic E-state index is -0.259. The number of rotatable bonds is 2. The van der Waals surface area contributed by atoms with Crippen molar-refractivity contribution in [2.24, 2.45) is 0 Å². The molecule has 42 valence electrons. The number of esters is 1. The van der Waals surface area contributed by atoms with E-state index in [1.165, 1.54) is 6.92 Å². The van der Waals surface area contributed by atoms with Crippen molar-refractivity contribution in [3.63, 3.8) is 0 Å². The Labute approximate surface area is 76.7 Å². The van der Waals surface area contributed by atoms with Crippen LogP contribution in [-0.4, -0.2) is 18.3 Å². The molecule has 0 aliphatic rings. The van der Waals surface area contributed by atoms with Gasteiger partial charge in [-0.2, -0.15) is 0 Å². The first kappa shape index (κ1) is 11.6. The van der Waals surface area contributed by atoms with Crippen LogP contribution < -0.4 is 29.6 Å². The zero-order valence-electron chi connectivity index (χ0n) is 5.14. The topological polar surface area (TPSA) is 26.3 Å². The maximum Gasteiger partial charge on any atom is 1.00 e. The average molecular weight is 142 g/mol. The van der Waals surface area contributed by atoms with Gasteiger partial charge in [-0.3, -0.25) is 4.79 Å². The smallest absolute Gasteiger partial charge is 0.789 e. The zero-order chi connectivity index (χ0) is 5.70. The van der Waals surface area contributed by atoms with E-state index in [1.807, 2.05) is 0 Å². The van der Waals surface area contributed by atoms with Crippen LogP contribution in [0.5, 0.6) is 0 Å². The third-order valence-corrected chi connectivity index (χ3v) is 0.555. The fourth-order valence-electron chi connectivity index (χ4n) is 0.185. The molecule has 0 aromatic rings. The molecule has 4 heteroatoms. The number of hydrogen-bond acceptors (Lipinski definition) is 3. The standard InChI is InChI=1S/C4H8O2S.Na/c1-4(5)6-2-3-7;/h7H,2-3H2,1H3;/q;+1/p-1. The fraction of sp³-hybridized carbons (Fsp3) is 0.750. The summed E-state index contributed by atoms with van der Waals surface area (Å²) in [6.07, 6.45) is 0. The number of hydrogen-bond donors (Lipinski definition) is 0. The number of carbonyl (C=O) groups excluding carboxylic acids is 1. The van der Waals surface area contributed by atoms with Crippen molar-refractivity contribution in [3.8, 4) is 0 Å². The molecule has 0 saturated carbocycles. The van der Waals surface area contributed by atoms with Crippen LogP contribution in [0.1, 0.15) is 6.92 Å². The van der Waals surface area contributed by atoms with Gasteiger partial charge in [0.05, 0.1) is 6.61 Å². The number of ether oxygens (including phenoxy) is 1. The van der Waals surface area contributed by atoms with E-state index in [0.29, 0.717) is 12.4 Å². The Balaban J connectivity index is 0. The Morgan fingerprint density at radius 1 is 1.75 bits per heavy atom. The number of carbonyl (C=O) groups is 1. The van der Waals surface area contributed by atoms with Gasteiger partial charge < -0.3 is 17.4 Å². The second-order valence-electron chi connectivity index (χ2n) is 1.04. The molecule has 0 bridgehead atoms. The van der Waals surface area contributed by atoms with Gasteiger partial charge in [-0.15, -0.1) is 5.75 Å². The maximum absolute atomic E-state index is 9.93. The normalized spacial score (nSPS) is 7.25. The second-order valence-corrected chi connectivity index (χ2v) is 1.45. The maximum atomic E-state index is 9.93. The summed E-state index contributed by atoms with van der Waals surface area (Å²) in [5, 5.41) is 0. The van der Waals surface area contributed by atoms with Crippen LogP contribution in [0.15, 0.2) is 0 Å². The van der Waals surface area contributed by atoms with Gasteiger partial charge in [-0.05, 0) is 0 Å². The van der Waals surface area contributed by atoms with E-state index in [1.54, 1.807) is 0 Å². The van der Waals surface area contributed by atoms with E-state index in [9.17, 15) is 4.79 Å². The first-order valence-corrected chi connectivity index (χ1v) is 2.56. The van der Waals surface area contributed by atoms with Gasteiger partial charge >= 0.3 is 35.5 Å². The van der Waals surface area contributed by atoms with Crippen LogP contribution in [0.2, 0.25) is 0 Å². The molecule has 0 atom stereocenters. The third kappa shape index (κ3) is 9.94. The molecule has 0 spiro atoms. The second kappa shape index (κ2) is 7.82. The zero-order valence-corrected chi connectivity index (χ0v) is 7.96. The Morgan fingerprint density at radius 2 is 2.25 bits per heavy atom. The van der Waals surface area contributed by atoms with E-state index in [-0.39, 0.29) is 35.5 Å². The molecule has 0 aliphatic heterocycles. The monoisotopic (exact) mass is 142 g/mol. The first-order chi connectivity index (χ1) is 3.27. The van der Waals surface area contributed by atoms with E-state index in [4.69, 9.17) is 0 Å². The van der Waals surface area contributed by atoms with Crippen LogP contribution in [0.25, 0.3) is 0 Å². The van der Waals surface area contributed by atoms with Gasteiger partial charge in [0.2, 0.25) is 0 Å². The molecule has 0 aromatic heterocycles. The Morgan fingerprint density at radius 3 is 2.38 bits per heavy atom. The van der Waals surface area contributed by atoms with Gasteiger partial charge in [0.15, 0.2) is 0 Å². The Kier molecular flexibility index (Phi) is 11.3. The largest absolute Gasteiger partial charge is 1.00 e. The van der Waals surface area contributed by atoms with Crippen LogP contribution in [0.3, 0.4) is 0 Å². The van der Waals surface area contributed by atoms with Gasteiger partial charge in [0.1, 0.15) is 0 Å². The molecule has 0 fully saturated rings. The summed E-state index contributed by atoms with van der Waals surface area (Å²) in [6.45, 7) is 1.73. The van der Waals surface area contributed by atoms with Crippen LogP contribution >= 0.6 is 0 Å². The first-order valence-electron chi connectivity index (χ1n) is 1.99.